The molecule has 0 N–H and O–H groups in total. The summed E-state index contributed by atoms with van der Waals surface area (Å²) in [6.07, 6.45) is 5.04. The number of thiophene rings is 1. The van der Waals surface area contributed by atoms with Crippen molar-refractivity contribution in [3.05, 3.63) is 341 Å². The molecule has 10 aromatic carbocycles. The van der Waals surface area contributed by atoms with Crippen LogP contribution >= 0.6 is 11.3 Å². The molecule has 13 aromatic rings. The third-order valence-corrected chi connectivity index (χ3v) is 18.3. The van der Waals surface area contributed by atoms with Crippen molar-refractivity contribution in [3.63, 3.8) is 0 Å². The van der Waals surface area contributed by atoms with E-state index in [9.17, 15) is 8.42 Å². The van der Waals surface area contributed by atoms with Crippen LogP contribution in [0.2, 0.25) is 0 Å². The lowest BCUT2D eigenvalue weighted by atomic mass is 9.81. The Labute approximate surface area is 569 Å². The number of hydrogen-bond donors (Lipinski definition) is 0. The van der Waals surface area contributed by atoms with Crippen molar-refractivity contribution in [2.75, 3.05) is 0 Å². The molecule has 15 rings (SSSR count). The van der Waals surface area contributed by atoms with Crippen LogP contribution in [0, 0.1) is 20.8 Å². The first-order valence-corrected chi connectivity index (χ1v) is 35.6. The minimum atomic E-state index is -3.46. The van der Waals surface area contributed by atoms with E-state index in [2.05, 4.69) is 236 Å². The van der Waals surface area contributed by atoms with Gasteiger partial charge in [0.1, 0.15) is 0 Å². The standard InChI is InChI=1S/C22H28O2S.C15H12.C14H12.C11H10.C6H7N.C6H6.C4H4O.C4H4S.3C2H6/c1-14-17-12-15(21(2,3)4)8-10-19(17)25(23,24)20-11-9-16(13-18(14)20)22(5,6)7;1-11-10-12-6-2-3-8-14(12)15-9-5-4-7-13(11)15;1-10-11-6-2-4-8-13(11)14-9-5-3-7-12(10)14;1-9-5-4-7-10-6-2-3-8-11(9)10;1-6-4-2-3-5-7-6;1-2-4-6-5-3-1;2*1-2-4-5-3-1;3*1-2/h8-14H,1-7H3;2-10H,1H3;2-10H,1H3;2-8H,1H3;2-5H,1H3;1-6H;2*1-4H;3*1-2H3. The van der Waals surface area contributed by atoms with Gasteiger partial charge in [-0.2, -0.15) is 11.3 Å². The first-order chi connectivity index (χ1) is 45.3. The van der Waals surface area contributed by atoms with Crippen molar-refractivity contribution < 1.29 is 12.8 Å². The van der Waals surface area contributed by atoms with E-state index in [0.29, 0.717) is 15.7 Å². The predicted octanol–water partition coefficient (Wildman–Crippen LogP) is 26.0. The second kappa shape index (κ2) is 38.3. The minimum Gasteiger partial charge on any atom is -0.473 e. The normalized spacial score (nSPS) is 11.8. The highest BCUT2D eigenvalue weighted by molar-refractivity contribution is 7.91. The number of hydrogen-bond acceptors (Lipinski definition) is 5. The molecule has 3 aromatic heterocycles. The monoisotopic (exact) mass is 1280 g/mol. The van der Waals surface area contributed by atoms with E-state index < -0.39 is 9.84 Å². The molecule has 4 heterocycles. The highest BCUT2D eigenvalue weighted by Crippen LogP contribution is 2.45. The van der Waals surface area contributed by atoms with Crippen LogP contribution in [0.15, 0.2) is 305 Å². The van der Waals surface area contributed by atoms with Gasteiger partial charge in [-0.25, -0.2) is 8.42 Å². The van der Waals surface area contributed by atoms with Crippen molar-refractivity contribution in [1.82, 2.24) is 4.98 Å². The van der Waals surface area contributed by atoms with Crippen LogP contribution in [0.4, 0.5) is 0 Å². The summed E-state index contributed by atoms with van der Waals surface area (Å²) in [5, 5.41) is 12.2. The van der Waals surface area contributed by atoms with Crippen LogP contribution in [-0.4, -0.2) is 13.4 Å². The maximum absolute atomic E-state index is 13.2. The number of furan rings is 1. The molecule has 94 heavy (non-hydrogen) atoms. The largest absolute Gasteiger partial charge is 0.473 e. The van der Waals surface area contributed by atoms with Gasteiger partial charge < -0.3 is 4.42 Å². The second-order valence-corrected chi connectivity index (χ2v) is 26.8. The molecule has 0 saturated carbocycles. The zero-order valence-corrected chi connectivity index (χ0v) is 60.5. The van der Waals surface area contributed by atoms with Crippen LogP contribution in [0.3, 0.4) is 0 Å². The first-order valence-electron chi connectivity index (χ1n) is 33.2. The van der Waals surface area contributed by atoms with Crippen molar-refractivity contribution >= 4 is 53.5 Å². The Kier molecular flexibility index (Phi) is 30.9. The molecule has 488 valence electrons. The summed E-state index contributed by atoms with van der Waals surface area (Å²) in [6.45, 7) is 35.6. The van der Waals surface area contributed by atoms with E-state index in [1.807, 2.05) is 150 Å². The zero-order chi connectivity index (χ0) is 68.7. The van der Waals surface area contributed by atoms with Crippen LogP contribution in [0.5, 0.6) is 0 Å². The highest BCUT2D eigenvalue weighted by atomic mass is 32.2. The smallest absolute Gasteiger partial charge is 0.207 e. The van der Waals surface area contributed by atoms with Gasteiger partial charge in [0.15, 0.2) is 0 Å². The molecule has 0 atom stereocenters. The Hall–Kier alpha value is -8.94. The van der Waals surface area contributed by atoms with E-state index in [1.165, 1.54) is 76.8 Å². The molecule has 1 aliphatic carbocycles. The molecule has 0 spiro atoms. The van der Waals surface area contributed by atoms with E-state index in [1.54, 1.807) is 42.2 Å². The Morgan fingerprint density at radius 2 is 0.787 bits per heavy atom. The summed E-state index contributed by atoms with van der Waals surface area (Å²) in [5.41, 5.74) is 13.7. The number of pyridine rings is 1. The molecule has 2 aliphatic rings. The number of aryl methyl sites for hydroxylation is 3. The molecule has 0 fully saturated rings. The molecule has 0 bridgehead atoms. The van der Waals surface area contributed by atoms with Gasteiger partial charge >= 0.3 is 0 Å². The number of sulfone groups is 1. The summed E-state index contributed by atoms with van der Waals surface area (Å²) >= 11 is 1.71. The third-order valence-electron chi connectivity index (χ3n) is 15.7. The topological polar surface area (TPSA) is 60.2 Å². The maximum Gasteiger partial charge on any atom is 0.207 e. The SMILES string of the molecule is CC.CC.CC.CC1c2cc(C(C)(C)C)ccc2S(=O)(=O)c2ccc(C(C)(C)C)cc21.CC1c2ccccc2-c2ccccc21.Cc1cc2ccccc2c2ccccc12.Cc1cccc2ccccc12.Cc1ccccn1.c1ccccc1.c1ccoc1.c1ccsc1. The minimum absolute atomic E-state index is 0.00789. The highest BCUT2D eigenvalue weighted by Gasteiger charge is 2.35. The van der Waals surface area contributed by atoms with Gasteiger partial charge in [0.05, 0.1) is 22.3 Å². The van der Waals surface area contributed by atoms with E-state index in [-0.39, 0.29) is 16.7 Å². The summed E-state index contributed by atoms with van der Waals surface area (Å²) in [6, 6.07) is 88.9. The molecule has 6 heteroatoms. The molecule has 1 aliphatic heterocycles. The average Bonchev–Trinajstić information content (AvgIpc) is 0.937. The predicted molar refractivity (Wildman–Crippen MR) is 410 cm³/mol. The lowest BCUT2D eigenvalue weighted by Gasteiger charge is -2.30. The quantitative estimate of drug-likeness (QED) is 0.142. The zero-order valence-electron chi connectivity index (χ0n) is 58.9. The second-order valence-electron chi connectivity index (χ2n) is 24.1. The fourth-order valence-electron chi connectivity index (χ4n) is 10.8. The molecule has 0 unspecified atom stereocenters. The van der Waals surface area contributed by atoms with Crippen LogP contribution in [-0.2, 0) is 20.7 Å². The Morgan fingerprint density at radius 1 is 0.372 bits per heavy atom. The van der Waals surface area contributed by atoms with Gasteiger partial charge in [-0.3, -0.25) is 4.98 Å². The van der Waals surface area contributed by atoms with E-state index >= 15 is 0 Å². The fraction of sp³-hybridized carbons (Fsp3) is 0.239. The van der Waals surface area contributed by atoms with Gasteiger partial charge in [0.2, 0.25) is 9.84 Å². The summed E-state index contributed by atoms with van der Waals surface area (Å²) in [7, 11) is -3.46. The Bertz CT molecular complexity index is 4160. The summed E-state index contributed by atoms with van der Waals surface area (Å²) < 4.78 is 30.9. The Morgan fingerprint density at radius 3 is 1.20 bits per heavy atom. The number of rotatable bonds is 0. The van der Waals surface area contributed by atoms with Gasteiger partial charge in [-0.15, -0.1) is 0 Å². The Balaban J connectivity index is 0.000000203. The van der Waals surface area contributed by atoms with Crippen LogP contribution in [0.25, 0.3) is 43.4 Å². The van der Waals surface area contributed by atoms with Crippen LogP contribution < -0.4 is 0 Å². The molecular weight excluding hydrogens is 1180 g/mol. The lowest BCUT2D eigenvalue weighted by Crippen LogP contribution is -2.21. The molecule has 0 amide bonds. The van der Waals surface area contributed by atoms with Crippen molar-refractivity contribution in [1.29, 1.82) is 0 Å². The van der Waals surface area contributed by atoms with Gasteiger partial charge in [0, 0.05) is 23.7 Å². The number of fused-ring (bicyclic) bond motifs is 9. The van der Waals surface area contributed by atoms with E-state index in [4.69, 9.17) is 0 Å². The van der Waals surface area contributed by atoms with Gasteiger partial charge in [0.25, 0.3) is 0 Å². The molecule has 0 radical (unpaired) electrons. The number of aromatic nitrogens is 1. The maximum atomic E-state index is 13.2. The molecule has 4 nitrogen and oxygen atoms in total. The van der Waals surface area contributed by atoms with Crippen LogP contribution in [0.1, 0.15) is 159 Å². The number of nitrogens with zero attached hydrogens (tertiary/aromatic N) is 1. The fourth-order valence-corrected chi connectivity index (χ4v) is 13.1. The molecule has 0 saturated heterocycles. The van der Waals surface area contributed by atoms with Crippen molar-refractivity contribution in [3.8, 4) is 11.1 Å². The first kappa shape index (κ1) is 75.8. The summed E-state index contributed by atoms with van der Waals surface area (Å²) in [5.74, 6) is 0.625. The molecular formula is C88H101NO3S2. The van der Waals surface area contributed by atoms with E-state index in [0.717, 1.165) is 16.8 Å². The number of benzene rings is 10. The lowest BCUT2D eigenvalue weighted by molar-refractivity contribution is 0.567. The average molecular weight is 1280 g/mol. The third kappa shape index (κ3) is 21.3. The van der Waals surface area contributed by atoms with Crippen molar-refractivity contribution in [2.24, 2.45) is 0 Å². The van der Waals surface area contributed by atoms with Crippen molar-refractivity contribution in [2.45, 2.75) is 150 Å². The summed E-state index contributed by atoms with van der Waals surface area (Å²) in [4.78, 5) is 4.90. The van der Waals surface area contributed by atoms with Gasteiger partial charge in [-0.1, -0.05) is 321 Å². The van der Waals surface area contributed by atoms with Gasteiger partial charge in [-0.05, 0) is 167 Å².